The Hall–Kier alpha value is -1.09. The van der Waals surface area contributed by atoms with E-state index in [2.05, 4.69) is 4.74 Å². The second-order valence-corrected chi connectivity index (χ2v) is 3.08. The van der Waals surface area contributed by atoms with Gasteiger partial charge in [0, 0.05) is 12.0 Å². The minimum Gasteiger partial charge on any atom is -0.461 e. The van der Waals surface area contributed by atoms with Crippen molar-refractivity contribution in [2.75, 3.05) is 6.86 Å². The first-order valence-electron chi connectivity index (χ1n) is 4.20. The molecule has 0 saturated heterocycles. The maximum atomic E-state index is 11.8. The maximum Gasteiger partial charge on any atom is 0.228 e. The summed E-state index contributed by atoms with van der Waals surface area (Å²) in [6.07, 6.45) is 0.416. The Morgan fingerprint density at radius 1 is 1.57 bits per heavy atom. The van der Waals surface area contributed by atoms with Crippen LogP contribution in [0.5, 0.6) is 5.75 Å². The normalized spacial score (nSPS) is 9.93. The van der Waals surface area contributed by atoms with E-state index in [4.69, 9.17) is 11.6 Å². The lowest BCUT2D eigenvalue weighted by Crippen LogP contribution is -1.97. The topological polar surface area (TPSA) is 26.3 Å². The van der Waals surface area contributed by atoms with E-state index in [9.17, 15) is 9.18 Å². The van der Waals surface area contributed by atoms with Crippen LogP contribution >= 0.6 is 11.6 Å². The van der Waals surface area contributed by atoms with Crippen molar-refractivity contribution in [1.82, 2.24) is 0 Å². The van der Waals surface area contributed by atoms with Crippen molar-refractivity contribution in [2.24, 2.45) is 0 Å². The average Bonchev–Trinajstić information content (AvgIpc) is 2.20. The lowest BCUT2D eigenvalue weighted by atomic mass is 10.1. The first-order valence-corrected chi connectivity index (χ1v) is 4.58. The minimum atomic E-state index is -0.930. The van der Waals surface area contributed by atoms with Gasteiger partial charge >= 0.3 is 0 Å². The number of hydrogen-bond acceptors (Lipinski definition) is 2. The second kappa shape index (κ2) is 4.96. The number of benzene rings is 1. The number of carbonyl (C=O) groups excluding carboxylic acids is 1. The van der Waals surface area contributed by atoms with Crippen molar-refractivity contribution in [3.8, 4) is 5.75 Å². The molecule has 0 bridgehead atoms. The number of hydrogen-bond donors (Lipinski definition) is 0. The van der Waals surface area contributed by atoms with E-state index in [0.717, 1.165) is 0 Å². The molecule has 0 N–H and O–H groups in total. The summed E-state index contributed by atoms with van der Waals surface area (Å²) in [7, 11) is 0. The van der Waals surface area contributed by atoms with Crippen LogP contribution in [-0.2, 0) is 0 Å². The van der Waals surface area contributed by atoms with Gasteiger partial charge in [-0.3, -0.25) is 4.79 Å². The minimum absolute atomic E-state index is 0.00121. The van der Waals surface area contributed by atoms with Crippen molar-refractivity contribution < 1.29 is 13.9 Å². The highest BCUT2D eigenvalue weighted by atomic mass is 35.5. The van der Waals surface area contributed by atoms with Gasteiger partial charge in [0.05, 0.1) is 5.02 Å². The van der Waals surface area contributed by atoms with Crippen LogP contribution in [0.25, 0.3) is 0 Å². The molecule has 0 aliphatic carbocycles. The molecule has 4 heteroatoms. The molecule has 0 aliphatic rings. The number of ketones is 1. The highest BCUT2D eigenvalue weighted by Gasteiger charge is 2.07. The largest absolute Gasteiger partial charge is 0.461 e. The van der Waals surface area contributed by atoms with Crippen molar-refractivity contribution >= 4 is 17.4 Å². The van der Waals surface area contributed by atoms with Crippen molar-refractivity contribution in [3.05, 3.63) is 28.8 Å². The predicted molar refractivity (Wildman–Crippen MR) is 52.7 cm³/mol. The zero-order valence-corrected chi connectivity index (χ0v) is 8.47. The Balaban J connectivity index is 2.94. The van der Waals surface area contributed by atoms with Crippen molar-refractivity contribution in [2.45, 2.75) is 13.3 Å². The quantitative estimate of drug-likeness (QED) is 0.723. The van der Waals surface area contributed by atoms with E-state index in [-0.39, 0.29) is 16.6 Å². The van der Waals surface area contributed by atoms with Gasteiger partial charge < -0.3 is 4.74 Å². The van der Waals surface area contributed by atoms with Crippen LogP contribution in [0, 0.1) is 0 Å². The van der Waals surface area contributed by atoms with E-state index in [1.807, 2.05) is 0 Å². The number of alkyl halides is 1. The van der Waals surface area contributed by atoms with Crippen LogP contribution in [-0.4, -0.2) is 12.6 Å². The van der Waals surface area contributed by atoms with Gasteiger partial charge in [0.25, 0.3) is 0 Å². The Morgan fingerprint density at radius 3 is 2.79 bits per heavy atom. The van der Waals surface area contributed by atoms with Crippen LogP contribution in [0.1, 0.15) is 23.7 Å². The number of carbonyl (C=O) groups is 1. The summed E-state index contributed by atoms with van der Waals surface area (Å²) in [5.74, 6) is 0.250. The molecule has 0 aromatic heterocycles. The van der Waals surface area contributed by atoms with Gasteiger partial charge in [-0.05, 0) is 18.2 Å². The van der Waals surface area contributed by atoms with Crippen LogP contribution in [0.4, 0.5) is 4.39 Å². The molecule has 0 unspecified atom stereocenters. The first kappa shape index (κ1) is 11.0. The molecule has 14 heavy (non-hydrogen) atoms. The predicted octanol–water partition coefficient (Wildman–Crippen LogP) is 3.24. The third-order valence-electron chi connectivity index (χ3n) is 1.79. The zero-order valence-electron chi connectivity index (χ0n) is 7.72. The number of rotatable bonds is 4. The fraction of sp³-hybridized carbons (Fsp3) is 0.300. The number of Topliss-reactive ketones (excluding diaryl/α,β-unsaturated/α-hetero) is 1. The summed E-state index contributed by atoms with van der Waals surface area (Å²) in [4.78, 5) is 11.3. The summed E-state index contributed by atoms with van der Waals surface area (Å²) in [6, 6.07) is 4.55. The maximum absolute atomic E-state index is 11.8. The third kappa shape index (κ3) is 2.45. The van der Waals surface area contributed by atoms with Crippen LogP contribution in [0.2, 0.25) is 5.02 Å². The summed E-state index contributed by atoms with van der Waals surface area (Å²) in [5.41, 5.74) is 0.517. The Kier molecular flexibility index (Phi) is 3.89. The molecule has 1 aromatic rings. The molecule has 0 aliphatic heterocycles. The smallest absolute Gasteiger partial charge is 0.228 e. The molecular formula is C10H10ClFO2. The van der Waals surface area contributed by atoms with E-state index < -0.39 is 6.86 Å². The lowest BCUT2D eigenvalue weighted by Gasteiger charge is -2.05. The highest BCUT2D eigenvalue weighted by Crippen LogP contribution is 2.25. The molecule has 0 radical (unpaired) electrons. The monoisotopic (exact) mass is 216 g/mol. The second-order valence-electron chi connectivity index (χ2n) is 2.68. The summed E-state index contributed by atoms with van der Waals surface area (Å²) in [5, 5.41) is 0.252. The molecule has 0 atom stereocenters. The van der Waals surface area contributed by atoms with Crippen LogP contribution in [0.15, 0.2) is 18.2 Å². The van der Waals surface area contributed by atoms with Crippen molar-refractivity contribution in [3.63, 3.8) is 0 Å². The van der Waals surface area contributed by atoms with E-state index >= 15 is 0 Å². The van der Waals surface area contributed by atoms with E-state index in [0.29, 0.717) is 12.0 Å². The Labute approximate surface area is 86.6 Å². The molecule has 1 aromatic carbocycles. The average molecular weight is 217 g/mol. The van der Waals surface area contributed by atoms with Gasteiger partial charge in [-0.15, -0.1) is 0 Å². The number of ether oxygens (including phenoxy) is 1. The SMILES string of the molecule is CCC(=O)c1ccc(OCF)c(Cl)c1. The van der Waals surface area contributed by atoms with Crippen LogP contribution < -0.4 is 4.74 Å². The highest BCUT2D eigenvalue weighted by molar-refractivity contribution is 6.32. The molecule has 76 valence electrons. The van der Waals surface area contributed by atoms with E-state index in [1.165, 1.54) is 12.1 Å². The molecule has 2 nitrogen and oxygen atoms in total. The zero-order chi connectivity index (χ0) is 10.6. The Bertz CT molecular complexity index is 339. The number of halogens is 2. The van der Waals surface area contributed by atoms with Gasteiger partial charge in [0.2, 0.25) is 6.86 Å². The molecule has 0 amide bonds. The van der Waals surface area contributed by atoms with Gasteiger partial charge in [-0.25, -0.2) is 4.39 Å². The Morgan fingerprint density at radius 2 is 2.29 bits per heavy atom. The first-order chi connectivity index (χ1) is 6.69. The summed E-state index contributed by atoms with van der Waals surface area (Å²) < 4.78 is 16.4. The standard InChI is InChI=1S/C10H10ClFO2/c1-2-9(13)7-3-4-10(14-6-12)8(11)5-7/h3-5H,2,6H2,1H3. The molecule has 0 heterocycles. The van der Waals surface area contributed by atoms with Crippen molar-refractivity contribution in [1.29, 1.82) is 0 Å². The fourth-order valence-corrected chi connectivity index (χ4v) is 1.29. The van der Waals surface area contributed by atoms with Gasteiger partial charge in [-0.1, -0.05) is 18.5 Å². The molecule has 0 saturated carbocycles. The van der Waals surface area contributed by atoms with Gasteiger partial charge in [-0.2, -0.15) is 0 Å². The molecule has 1 rings (SSSR count). The third-order valence-corrected chi connectivity index (χ3v) is 2.08. The summed E-state index contributed by atoms with van der Waals surface area (Å²) >= 11 is 5.77. The van der Waals surface area contributed by atoms with Crippen LogP contribution in [0.3, 0.4) is 0 Å². The molecule has 0 spiro atoms. The summed E-state index contributed by atoms with van der Waals surface area (Å²) in [6.45, 7) is 0.836. The molecular weight excluding hydrogens is 207 g/mol. The van der Waals surface area contributed by atoms with Gasteiger partial charge in [0.1, 0.15) is 5.75 Å². The lowest BCUT2D eigenvalue weighted by molar-refractivity contribution is 0.0988. The van der Waals surface area contributed by atoms with Gasteiger partial charge in [0.15, 0.2) is 5.78 Å². The molecule has 0 fully saturated rings. The van der Waals surface area contributed by atoms with E-state index in [1.54, 1.807) is 13.0 Å². The fourth-order valence-electron chi connectivity index (χ4n) is 1.05.